The molecule has 0 fully saturated rings. The molecule has 3 aromatic rings. The van der Waals surface area contributed by atoms with Crippen molar-refractivity contribution in [3.8, 4) is 0 Å². The Balaban J connectivity index is 2.00. The second-order valence-electron chi connectivity index (χ2n) is 5.07. The van der Waals surface area contributed by atoms with E-state index in [2.05, 4.69) is 15.1 Å². The molecule has 0 aliphatic heterocycles. The van der Waals surface area contributed by atoms with Crippen molar-refractivity contribution in [2.24, 2.45) is 0 Å². The zero-order chi connectivity index (χ0) is 17.5. The van der Waals surface area contributed by atoms with Crippen molar-refractivity contribution < 1.29 is 17.6 Å². The van der Waals surface area contributed by atoms with Crippen molar-refractivity contribution in [3.63, 3.8) is 0 Å². The molecule has 5 nitrogen and oxygen atoms in total. The van der Waals surface area contributed by atoms with Crippen LogP contribution < -0.4 is 4.90 Å². The van der Waals surface area contributed by atoms with Crippen molar-refractivity contribution in [2.75, 3.05) is 11.9 Å². The molecule has 0 spiro atoms. The summed E-state index contributed by atoms with van der Waals surface area (Å²) in [5.41, 5.74) is -0.537. The standard InChI is InChI=1S/C14H10ClF4N5/c1-23(6-8-2-3-9(15)10(16)4-8)12-5-11(14(17,18)19)22-13-20-7-21-24(12)13/h2-5,7H,6H2,1H3. The predicted octanol–water partition coefficient (Wildman–Crippen LogP) is 3.57. The monoisotopic (exact) mass is 359 g/mol. The molecule has 0 radical (unpaired) electrons. The Hall–Kier alpha value is -2.42. The number of anilines is 1. The van der Waals surface area contributed by atoms with E-state index in [0.29, 0.717) is 5.56 Å². The first-order chi connectivity index (χ1) is 11.3. The number of hydrogen-bond donors (Lipinski definition) is 0. The number of fused-ring (bicyclic) bond motifs is 1. The lowest BCUT2D eigenvalue weighted by Crippen LogP contribution is -2.22. The van der Waals surface area contributed by atoms with Gasteiger partial charge in [0.2, 0.25) is 0 Å². The first-order valence-corrected chi connectivity index (χ1v) is 7.06. The highest BCUT2D eigenvalue weighted by Crippen LogP contribution is 2.30. The molecule has 0 aliphatic rings. The lowest BCUT2D eigenvalue weighted by atomic mass is 10.2. The molecule has 0 amide bonds. The van der Waals surface area contributed by atoms with Crippen LogP contribution in [0.25, 0.3) is 5.78 Å². The van der Waals surface area contributed by atoms with Gasteiger partial charge in [-0.05, 0) is 17.7 Å². The first-order valence-electron chi connectivity index (χ1n) is 6.69. The van der Waals surface area contributed by atoms with Gasteiger partial charge in [0.05, 0.1) is 5.02 Å². The van der Waals surface area contributed by atoms with Crippen LogP contribution in [0.15, 0.2) is 30.6 Å². The molecule has 0 aliphatic carbocycles. The third-order valence-corrected chi connectivity index (χ3v) is 3.62. The molecular weight excluding hydrogens is 350 g/mol. The van der Waals surface area contributed by atoms with Crippen molar-refractivity contribution in [2.45, 2.75) is 12.7 Å². The molecule has 2 aromatic heterocycles. The normalized spacial score (nSPS) is 11.9. The Morgan fingerprint density at radius 2 is 2.00 bits per heavy atom. The topological polar surface area (TPSA) is 46.3 Å². The summed E-state index contributed by atoms with van der Waals surface area (Å²) >= 11 is 5.62. The van der Waals surface area contributed by atoms with Crippen LogP contribution in [0.5, 0.6) is 0 Å². The maximum absolute atomic E-state index is 13.5. The molecule has 0 saturated carbocycles. The number of nitrogens with zero attached hydrogens (tertiary/aromatic N) is 5. The van der Waals surface area contributed by atoms with Crippen LogP contribution in [-0.2, 0) is 12.7 Å². The molecule has 0 N–H and O–H groups in total. The van der Waals surface area contributed by atoms with Crippen LogP contribution in [0.4, 0.5) is 23.4 Å². The highest BCUT2D eigenvalue weighted by Gasteiger charge is 2.34. The summed E-state index contributed by atoms with van der Waals surface area (Å²) in [6.45, 7) is 0.143. The summed E-state index contributed by atoms with van der Waals surface area (Å²) in [5, 5.41) is 3.85. The fourth-order valence-electron chi connectivity index (χ4n) is 2.21. The molecule has 0 bridgehead atoms. The van der Waals surface area contributed by atoms with E-state index in [4.69, 9.17) is 11.6 Å². The zero-order valence-electron chi connectivity index (χ0n) is 12.2. The summed E-state index contributed by atoms with van der Waals surface area (Å²) in [6.07, 6.45) is -3.50. The largest absolute Gasteiger partial charge is 0.433 e. The molecule has 3 rings (SSSR count). The average molecular weight is 360 g/mol. The predicted molar refractivity (Wildman–Crippen MR) is 79.3 cm³/mol. The lowest BCUT2D eigenvalue weighted by molar-refractivity contribution is -0.141. The van der Waals surface area contributed by atoms with Gasteiger partial charge in [0, 0.05) is 19.7 Å². The third kappa shape index (κ3) is 3.12. The minimum atomic E-state index is -4.62. The molecule has 0 unspecified atom stereocenters. The van der Waals surface area contributed by atoms with E-state index in [1.54, 1.807) is 13.1 Å². The SMILES string of the molecule is CN(Cc1ccc(Cl)c(F)c1)c1cc(C(F)(F)F)nc2ncnn12. The van der Waals surface area contributed by atoms with Crippen LogP contribution in [0, 0.1) is 5.82 Å². The van der Waals surface area contributed by atoms with E-state index < -0.39 is 17.7 Å². The van der Waals surface area contributed by atoms with Gasteiger partial charge in [0.1, 0.15) is 18.0 Å². The van der Waals surface area contributed by atoms with Gasteiger partial charge in [-0.1, -0.05) is 17.7 Å². The van der Waals surface area contributed by atoms with Crippen molar-refractivity contribution >= 4 is 23.2 Å². The second kappa shape index (κ2) is 5.90. The molecular formula is C14H10ClF4N5. The van der Waals surface area contributed by atoms with Gasteiger partial charge in [0.25, 0.3) is 5.78 Å². The maximum atomic E-state index is 13.5. The van der Waals surface area contributed by atoms with Gasteiger partial charge in [-0.15, -0.1) is 0 Å². The van der Waals surface area contributed by atoms with Crippen LogP contribution >= 0.6 is 11.6 Å². The Morgan fingerprint density at radius 1 is 1.25 bits per heavy atom. The molecule has 0 saturated heterocycles. The minimum Gasteiger partial charge on any atom is -0.355 e. The molecule has 126 valence electrons. The summed E-state index contributed by atoms with van der Waals surface area (Å²) in [4.78, 5) is 8.64. The molecule has 0 atom stereocenters. The molecule has 2 heterocycles. The van der Waals surface area contributed by atoms with Gasteiger partial charge in [0.15, 0.2) is 5.69 Å². The van der Waals surface area contributed by atoms with Gasteiger partial charge in [-0.3, -0.25) is 0 Å². The van der Waals surface area contributed by atoms with Crippen molar-refractivity contribution in [1.29, 1.82) is 0 Å². The molecule has 24 heavy (non-hydrogen) atoms. The number of aromatic nitrogens is 4. The van der Waals surface area contributed by atoms with E-state index >= 15 is 0 Å². The fraction of sp³-hybridized carbons (Fsp3) is 0.214. The lowest BCUT2D eigenvalue weighted by Gasteiger charge is -2.21. The van der Waals surface area contributed by atoms with E-state index in [1.807, 2.05) is 0 Å². The summed E-state index contributed by atoms with van der Waals surface area (Å²) in [7, 11) is 1.56. The Bertz CT molecular complexity index is 892. The Morgan fingerprint density at radius 3 is 2.67 bits per heavy atom. The van der Waals surface area contributed by atoms with Crippen LogP contribution in [0.1, 0.15) is 11.3 Å². The number of halogens is 5. The number of hydrogen-bond acceptors (Lipinski definition) is 4. The van der Waals surface area contributed by atoms with E-state index in [0.717, 1.165) is 12.4 Å². The average Bonchev–Trinajstić information content (AvgIpc) is 2.97. The van der Waals surface area contributed by atoms with Gasteiger partial charge in [-0.25, -0.2) is 9.37 Å². The van der Waals surface area contributed by atoms with Crippen LogP contribution in [-0.4, -0.2) is 26.6 Å². The van der Waals surface area contributed by atoms with Crippen molar-refractivity contribution in [3.05, 3.63) is 52.7 Å². The highest BCUT2D eigenvalue weighted by molar-refractivity contribution is 6.30. The Kier molecular flexibility index (Phi) is 4.04. The summed E-state index contributed by atoms with van der Waals surface area (Å²) in [5.74, 6) is -0.645. The van der Waals surface area contributed by atoms with E-state index in [-0.39, 0.29) is 23.2 Å². The number of rotatable bonds is 3. The van der Waals surface area contributed by atoms with Crippen LogP contribution in [0.3, 0.4) is 0 Å². The fourth-order valence-corrected chi connectivity index (χ4v) is 2.32. The van der Waals surface area contributed by atoms with Gasteiger partial charge in [-0.2, -0.15) is 27.8 Å². The van der Waals surface area contributed by atoms with Crippen molar-refractivity contribution in [1.82, 2.24) is 19.6 Å². The number of alkyl halides is 3. The summed E-state index contributed by atoms with van der Waals surface area (Å²) < 4.78 is 53.7. The van der Waals surface area contributed by atoms with Crippen LogP contribution in [0.2, 0.25) is 5.02 Å². The van der Waals surface area contributed by atoms with E-state index in [1.165, 1.54) is 21.5 Å². The maximum Gasteiger partial charge on any atom is 0.433 e. The molecule has 10 heteroatoms. The third-order valence-electron chi connectivity index (χ3n) is 3.32. The number of benzene rings is 1. The molecule has 1 aromatic carbocycles. The smallest absolute Gasteiger partial charge is 0.355 e. The van der Waals surface area contributed by atoms with Gasteiger partial charge < -0.3 is 4.90 Å². The Labute approximate surface area is 138 Å². The van der Waals surface area contributed by atoms with Gasteiger partial charge >= 0.3 is 6.18 Å². The highest BCUT2D eigenvalue weighted by atomic mass is 35.5. The zero-order valence-corrected chi connectivity index (χ0v) is 13.0. The first kappa shape index (κ1) is 16.4. The second-order valence-corrected chi connectivity index (χ2v) is 5.48. The van der Waals surface area contributed by atoms with E-state index in [9.17, 15) is 17.6 Å². The summed E-state index contributed by atoms with van der Waals surface area (Å²) in [6, 6.07) is 5.07. The minimum absolute atomic E-state index is 0.0247. The quantitative estimate of drug-likeness (QED) is 0.671.